The summed E-state index contributed by atoms with van der Waals surface area (Å²) in [6.45, 7) is 8.40. The highest BCUT2D eigenvalue weighted by Crippen LogP contribution is 2.29. The molecule has 1 atom stereocenters. The molecule has 0 aliphatic carbocycles. The molecule has 1 amide bonds. The van der Waals surface area contributed by atoms with Crippen molar-refractivity contribution in [1.82, 2.24) is 20.1 Å². The molecule has 2 aromatic heterocycles. The van der Waals surface area contributed by atoms with Crippen LogP contribution in [0.2, 0.25) is 0 Å². The van der Waals surface area contributed by atoms with Crippen molar-refractivity contribution >= 4 is 22.4 Å². The molecule has 1 N–H and O–H groups in total. The van der Waals surface area contributed by atoms with E-state index in [9.17, 15) is 4.79 Å². The smallest absolute Gasteiger partial charge is 0.225 e. The number of piperidine rings is 1. The minimum absolute atomic E-state index is 0.0176. The van der Waals surface area contributed by atoms with Gasteiger partial charge in [0.15, 0.2) is 0 Å². The van der Waals surface area contributed by atoms with Gasteiger partial charge in [-0.3, -0.25) is 9.36 Å². The van der Waals surface area contributed by atoms with Crippen LogP contribution in [0, 0.1) is 26.7 Å². The maximum atomic E-state index is 12.7. The topological polar surface area (TPSA) is 63.1 Å². The molecule has 1 fully saturated rings. The van der Waals surface area contributed by atoms with E-state index >= 15 is 0 Å². The number of aromatic nitrogens is 3. The van der Waals surface area contributed by atoms with E-state index < -0.39 is 0 Å². The summed E-state index contributed by atoms with van der Waals surface area (Å²) < 4.78 is 2.12. The van der Waals surface area contributed by atoms with Gasteiger partial charge in [0.05, 0.1) is 5.92 Å². The van der Waals surface area contributed by atoms with Gasteiger partial charge in [0.25, 0.3) is 0 Å². The van der Waals surface area contributed by atoms with Crippen LogP contribution in [0.1, 0.15) is 35.4 Å². The van der Waals surface area contributed by atoms with Crippen LogP contribution in [0.5, 0.6) is 0 Å². The highest BCUT2D eigenvalue weighted by atomic mass is 32.1. The molecular formula is C22H27N5OS. The predicted molar refractivity (Wildman–Crippen MR) is 117 cm³/mol. The summed E-state index contributed by atoms with van der Waals surface area (Å²) in [5.41, 5.74) is 4.65. The predicted octanol–water partition coefficient (Wildman–Crippen LogP) is 3.79. The highest BCUT2D eigenvalue weighted by Gasteiger charge is 2.27. The molecule has 0 unspecified atom stereocenters. The van der Waals surface area contributed by atoms with Crippen molar-refractivity contribution in [1.29, 1.82) is 0 Å². The Morgan fingerprint density at radius 2 is 1.90 bits per heavy atom. The Balaban J connectivity index is 1.40. The fraction of sp³-hybridized carbons (Fsp3) is 0.409. The van der Waals surface area contributed by atoms with Crippen LogP contribution in [-0.2, 0) is 11.3 Å². The van der Waals surface area contributed by atoms with Crippen molar-refractivity contribution in [3.63, 3.8) is 0 Å². The molecule has 0 saturated carbocycles. The second-order valence-corrected chi connectivity index (χ2v) is 8.75. The van der Waals surface area contributed by atoms with Gasteiger partial charge < -0.3 is 10.2 Å². The third-order valence-corrected chi connectivity index (χ3v) is 6.45. The van der Waals surface area contributed by atoms with Gasteiger partial charge in [0.1, 0.15) is 0 Å². The Hall–Kier alpha value is -2.67. The van der Waals surface area contributed by atoms with Crippen molar-refractivity contribution in [2.45, 2.75) is 40.2 Å². The van der Waals surface area contributed by atoms with E-state index in [2.05, 4.69) is 76.1 Å². The van der Waals surface area contributed by atoms with Crippen LogP contribution >= 0.6 is 11.3 Å². The van der Waals surface area contributed by atoms with Crippen LogP contribution in [0.25, 0.3) is 5.13 Å². The zero-order valence-corrected chi connectivity index (χ0v) is 18.0. The lowest BCUT2D eigenvalue weighted by Crippen LogP contribution is -2.43. The standard InChI is InChI=1S/C22H27N5OS/c1-15-6-4-7-18(12-15)13-23-20(28)19-8-5-11-26(14-19)21-24-25-22(29-21)27-16(2)9-10-17(27)3/h4,6-7,9-10,12,19H,5,8,11,13-14H2,1-3H3,(H,23,28)/t19-/m1/s1. The number of anilines is 1. The Morgan fingerprint density at radius 3 is 2.66 bits per heavy atom. The average molecular weight is 410 g/mol. The van der Waals surface area contributed by atoms with E-state index in [1.165, 1.54) is 5.56 Å². The number of nitrogens with zero attached hydrogens (tertiary/aromatic N) is 4. The van der Waals surface area contributed by atoms with Crippen LogP contribution in [0.3, 0.4) is 0 Å². The van der Waals surface area contributed by atoms with Crippen molar-refractivity contribution in [3.8, 4) is 5.13 Å². The van der Waals surface area contributed by atoms with E-state index in [4.69, 9.17) is 0 Å². The molecule has 1 aliphatic heterocycles. The monoisotopic (exact) mass is 409 g/mol. The summed E-state index contributed by atoms with van der Waals surface area (Å²) in [5.74, 6) is 0.106. The Kier molecular flexibility index (Phi) is 5.67. The van der Waals surface area contributed by atoms with E-state index in [1.54, 1.807) is 11.3 Å². The van der Waals surface area contributed by atoms with Crippen LogP contribution in [0.4, 0.5) is 5.13 Å². The van der Waals surface area contributed by atoms with E-state index in [0.29, 0.717) is 13.1 Å². The molecule has 0 spiro atoms. The van der Waals surface area contributed by atoms with E-state index in [-0.39, 0.29) is 11.8 Å². The minimum Gasteiger partial charge on any atom is -0.352 e. The molecule has 1 aromatic carbocycles. The van der Waals surface area contributed by atoms with Gasteiger partial charge in [-0.2, -0.15) is 0 Å². The second kappa shape index (κ2) is 8.37. The molecule has 1 saturated heterocycles. The number of amides is 1. The molecule has 3 aromatic rings. The second-order valence-electron chi connectivity index (χ2n) is 7.81. The number of carbonyl (C=O) groups is 1. The fourth-order valence-corrected chi connectivity index (χ4v) is 4.92. The molecule has 7 heteroatoms. The zero-order chi connectivity index (χ0) is 20.4. The average Bonchev–Trinajstić information content (AvgIpc) is 3.32. The molecule has 0 bridgehead atoms. The Bertz CT molecular complexity index is 989. The third-order valence-electron chi connectivity index (χ3n) is 5.48. The Labute approximate surface area is 175 Å². The van der Waals surface area contributed by atoms with E-state index in [1.807, 2.05) is 6.07 Å². The number of benzene rings is 1. The summed E-state index contributed by atoms with van der Waals surface area (Å²) in [7, 11) is 0. The van der Waals surface area contributed by atoms with Gasteiger partial charge in [0, 0.05) is 31.0 Å². The number of rotatable bonds is 5. The molecule has 1 aliphatic rings. The molecule has 6 nitrogen and oxygen atoms in total. The van der Waals surface area contributed by atoms with E-state index in [0.717, 1.165) is 46.6 Å². The van der Waals surface area contributed by atoms with Crippen molar-refractivity contribution in [2.75, 3.05) is 18.0 Å². The first-order chi connectivity index (χ1) is 14.0. The number of nitrogens with one attached hydrogen (secondary N) is 1. The quantitative estimate of drug-likeness (QED) is 0.696. The van der Waals surface area contributed by atoms with Gasteiger partial charge in [-0.05, 0) is 51.3 Å². The van der Waals surface area contributed by atoms with Gasteiger partial charge in [-0.1, -0.05) is 41.2 Å². The van der Waals surface area contributed by atoms with Crippen molar-refractivity contribution in [2.24, 2.45) is 5.92 Å². The largest absolute Gasteiger partial charge is 0.352 e. The number of hydrogen-bond donors (Lipinski definition) is 1. The summed E-state index contributed by atoms with van der Waals surface area (Å²) >= 11 is 1.59. The number of hydrogen-bond acceptors (Lipinski definition) is 5. The van der Waals surface area contributed by atoms with Crippen molar-refractivity contribution in [3.05, 3.63) is 58.9 Å². The first kappa shape index (κ1) is 19.6. The van der Waals surface area contributed by atoms with Crippen molar-refractivity contribution < 1.29 is 4.79 Å². The molecule has 29 heavy (non-hydrogen) atoms. The summed E-state index contributed by atoms with van der Waals surface area (Å²) in [6, 6.07) is 12.4. The number of aryl methyl sites for hydroxylation is 3. The van der Waals surface area contributed by atoms with Crippen LogP contribution in [0.15, 0.2) is 36.4 Å². The zero-order valence-electron chi connectivity index (χ0n) is 17.2. The third kappa shape index (κ3) is 4.34. The summed E-state index contributed by atoms with van der Waals surface area (Å²) in [4.78, 5) is 14.9. The lowest BCUT2D eigenvalue weighted by Gasteiger charge is -2.31. The van der Waals surface area contributed by atoms with Gasteiger partial charge >= 0.3 is 0 Å². The Morgan fingerprint density at radius 1 is 1.14 bits per heavy atom. The number of carbonyl (C=O) groups excluding carboxylic acids is 1. The maximum absolute atomic E-state index is 12.7. The minimum atomic E-state index is -0.0176. The molecule has 3 heterocycles. The van der Waals surface area contributed by atoms with Gasteiger partial charge in [0.2, 0.25) is 16.2 Å². The van der Waals surface area contributed by atoms with Gasteiger partial charge in [-0.25, -0.2) is 0 Å². The highest BCUT2D eigenvalue weighted by molar-refractivity contribution is 7.17. The normalized spacial score (nSPS) is 16.8. The first-order valence-corrected chi connectivity index (χ1v) is 10.9. The summed E-state index contributed by atoms with van der Waals surface area (Å²) in [5, 5.41) is 13.7. The van der Waals surface area contributed by atoms with Gasteiger partial charge in [-0.15, -0.1) is 10.2 Å². The lowest BCUT2D eigenvalue weighted by molar-refractivity contribution is -0.125. The molecule has 152 valence electrons. The van der Waals surface area contributed by atoms with Crippen LogP contribution in [-0.4, -0.2) is 33.8 Å². The molecular weight excluding hydrogens is 382 g/mol. The molecule has 0 radical (unpaired) electrons. The first-order valence-electron chi connectivity index (χ1n) is 10.1. The lowest BCUT2D eigenvalue weighted by atomic mass is 9.97. The van der Waals surface area contributed by atoms with Crippen LogP contribution < -0.4 is 10.2 Å². The fourth-order valence-electron chi connectivity index (χ4n) is 3.92. The SMILES string of the molecule is Cc1cccc(CNC(=O)[C@@H]2CCCN(c3nnc(-n4c(C)ccc4C)s3)C2)c1. The molecule has 4 rings (SSSR count). The maximum Gasteiger partial charge on any atom is 0.225 e. The summed E-state index contributed by atoms with van der Waals surface area (Å²) in [6.07, 6.45) is 1.90.